The first-order chi connectivity index (χ1) is 15.0. The average Bonchev–Trinajstić information content (AvgIpc) is 2.78. The fraction of sp³-hybridized carbons (Fsp3) is 0.130. The Balaban J connectivity index is 1.44. The third kappa shape index (κ3) is 6.67. The number of hydrogen-bond donors (Lipinski definition) is 1. The van der Waals surface area contributed by atoms with Gasteiger partial charge < -0.3 is 9.47 Å². The Kier molecular flexibility index (Phi) is 7.31. The highest BCUT2D eigenvalue weighted by molar-refractivity contribution is 5.83. The largest absolute Gasteiger partial charge is 0.489 e. The number of nitro groups is 1. The van der Waals surface area contributed by atoms with Gasteiger partial charge in [-0.15, -0.1) is 0 Å². The van der Waals surface area contributed by atoms with E-state index in [1.807, 2.05) is 55.5 Å². The molecule has 1 N–H and O–H groups in total. The van der Waals surface area contributed by atoms with Crippen LogP contribution in [0, 0.1) is 17.0 Å². The second-order valence-electron chi connectivity index (χ2n) is 6.65. The van der Waals surface area contributed by atoms with E-state index in [0.717, 1.165) is 16.9 Å². The highest BCUT2D eigenvalue weighted by Crippen LogP contribution is 2.25. The zero-order valence-electron chi connectivity index (χ0n) is 16.9. The molecule has 0 aliphatic carbocycles. The van der Waals surface area contributed by atoms with Crippen LogP contribution in [0.3, 0.4) is 0 Å². The number of aryl methyl sites for hydroxylation is 1. The second-order valence-corrected chi connectivity index (χ2v) is 6.65. The van der Waals surface area contributed by atoms with Gasteiger partial charge >= 0.3 is 5.69 Å². The van der Waals surface area contributed by atoms with Crippen molar-refractivity contribution in [3.63, 3.8) is 0 Å². The predicted octanol–water partition coefficient (Wildman–Crippen LogP) is 4.01. The normalized spacial score (nSPS) is 10.6. The average molecular weight is 419 g/mol. The van der Waals surface area contributed by atoms with E-state index in [9.17, 15) is 14.9 Å². The van der Waals surface area contributed by atoms with Gasteiger partial charge in [0.1, 0.15) is 12.4 Å². The Morgan fingerprint density at radius 2 is 1.74 bits per heavy atom. The maximum absolute atomic E-state index is 11.8. The van der Waals surface area contributed by atoms with E-state index in [1.54, 1.807) is 6.07 Å². The molecule has 1 amide bonds. The summed E-state index contributed by atoms with van der Waals surface area (Å²) in [6, 6.07) is 21.2. The first-order valence-electron chi connectivity index (χ1n) is 9.48. The highest BCUT2D eigenvalue weighted by Gasteiger charge is 2.14. The fourth-order valence-electron chi connectivity index (χ4n) is 2.59. The SMILES string of the molecule is Cc1ccc(COc2ccc(/C=N\NC(=O)COc3ccccc3[N+](=O)[O-])cc2)cc1. The van der Waals surface area contributed by atoms with Crippen molar-refractivity contribution in [2.75, 3.05) is 6.61 Å². The topological polar surface area (TPSA) is 103 Å². The standard InChI is InChI=1S/C23H21N3O5/c1-17-6-8-19(9-7-17)15-30-20-12-10-18(11-13-20)14-24-25-23(27)16-31-22-5-3-2-4-21(22)26(28)29/h2-14H,15-16H2,1H3,(H,25,27)/b24-14-. The maximum atomic E-state index is 11.8. The quantitative estimate of drug-likeness (QED) is 0.321. The Morgan fingerprint density at radius 1 is 1.03 bits per heavy atom. The molecule has 31 heavy (non-hydrogen) atoms. The lowest BCUT2D eigenvalue weighted by atomic mass is 10.2. The van der Waals surface area contributed by atoms with E-state index >= 15 is 0 Å². The number of hydrazone groups is 1. The van der Waals surface area contributed by atoms with Crippen molar-refractivity contribution in [3.8, 4) is 11.5 Å². The van der Waals surface area contributed by atoms with E-state index in [4.69, 9.17) is 9.47 Å². The Hall–Kier alpha value is -4.20. The lowest BCUT2D eigenvalue weighted by Gasteiger charge is -2.07. The minimum atomic E-state index is -0.570. The number of hydrogen-bond acceptors (Lipinski definition) is 6. The summed E-state index contributed by atoms with van der Waals surface area (Å²) in [5, 5.41) is 14.8. The zero-order valence-corrected chi connectivity index (χ0v) is 16.9. The van der Waals surface area contributed by atoms with E-state index in [-0.39, 0.29) is 11.4 Å². The number of nitro benzene ring substituents is 1. The Labute approximate surface area is 179 Å². The van der Waals surface area contributed by atoms with Crippen LogP contribution in [0.4, 0.5) is 5.69 Å². The molecule has 0 unspecified atom stereocenters. The van der Waals surface area contributed by atoms with Gasteiger partial charge in [0.15, 0.2) is 12.4 Å². The van der Waals surface area contributed by atoms with E-state index < -0.39 is 17.4 Å². The van der Waals surface area contributed by atoms with E-state index in [2.05, 4.69) is 10.5 Å². The molecular formula is C23H21N3O5. The summed E-state index contributed by atoms with van der Waals surface area (Å²) in [7, 11) is 0. The lowest BCUT2D eigenvalue weighted by Crippen LogP contribution is -2.24. The van der Waals surface area contributed by atoms with E-state index in [0.29, 0.717) is 6.61 Å². The van der Waals surface area contributed by atoms with Crippen molar-refractivity contribution in [2.24, 2.45) is 5.10 Å². The Morgan fingerprint density at radius 3 is 2.45 bits per heavy atom. The van der Waals surface area contributed by atoms with Crippen molar-refractivity contribution in [1.82, 2.24) is 5.43 Å². The van der Waals surface area contributed by atoms with Crippen molar-refractivity contribution in [3.05, 3.63) is 99.6 Å². The summed E-state index contributed by atoms with van der Waals surface area (Å²) < 4.78 is 11.0. The predicted molar refractivity (Wildman–Crippen MR) is 116 cm³/mol. The smallest absolute Gasteiger partial charge is 0.310 e. The second kappa shape index (κ2) is 10.5. The molecule has 0 atom stereocenters. The van der Waals surface area contributed by atoms with Gasteiger partial charge in [0.25, 0.3) is 5.91 Å². The van der Waals surface area contributed by atoms with Crippen LogP contribution >= 0.6 is 0 Å². The van der Waals surface area contributed by atoms with E-state index in [1.165, 1.54) is 30.0 Å². The molecule has 8 nitrogen and oxygen atoms in total. The molecule has 0 saturated carbocycles. The first-order valence-corrected chi connectivity index (χ1v) is 9.48. The van der Waals surface area contributed by atoms with Gasteiger partial charge in [-0.1, -0.05) is 42.0 Å². The Bertz CT molecular complexity index is 1060. The van der Waals surface area contributed by atoms with Gasteiger partial charge in [-0.3, -0.25) is 14.9 Å². The molecule has 0 aromatic heterocycles. The molecule has 8 heteroatoms. The van der Waals surface area contributed by atoms with Gasteiger partial charge in [0.05, 0.1) is 11.1 Å². The summed E-state index contributed by atoms with van der Waals surface area (Å²) >= 11 is 0. The van der Waals surface area contributed by atoms with Crippen molar-refractivity contribution < 1.29 is 19.2 Å². The number of nitrogens with zero attached hydrogens (tertiary/aromatic N) is 2. The summed E-state index contributed by atoms with van der Waals surface area (Å²) in [5.41, 5.74) is 5.17. The van der Waals surface area contributed by atoms with Crippen LogP contribution in [0.25, 0.3) is 0 Å². The summed E-state index contributed by atoms with van der Waals surface area (Å²) in [6.07, 6.45) is 1.48. The molecule has 0 saturated heterocycles. The number of benzene rings is 3. The molecule has 0 bridgehead atoms. The third-order valence-corrected chi connectivity index (χ3v) is 4.23. The number of ether oxygens (including phenoxy) is 2. The van der Waals surface area contributed by atoms with Gasteiger partial charge in [-0.2, -0.15) is 5.10 Å². The number of nitrogens with one attached hydrogen (secondary N) is 1. The van der Waals surface area contributed by atoms with Crippen molar-refractivity contribution in [2.45, 2.75) is 13.5 Å². The minimum Gasteiger partial charge on any atom is -0.489 e. The van der Waals surface area contributed by atoms with Gasteiger partial charge in [0, 0.05) is 6.07 Å². The third-order valence-electron chi connectivity index (χ3n) is 4.23. The fourth-order valence-corrected chi connectivity index (χ4v) is 2.59. The van der Waals surface area contributed by atoms with Crippen LogP contribution in [0.5, 0.6) is 11.5 Å². The van der Waals surface area contributed by atoms with Crippen molar-refractivity contribution >= 4 is 17.8 Å². The van der Waals surface area contributed by atoms with Crippen LogP contribution in [-0.2, 0) is 11.4 Å². The molecule has 0 radical (unpaired) electrons. The number of rotatable bonds is 9. The number of carbonyl (C=O) groups is 1. The monoisotopic (exact) mass is 419 g/mol. The van der Waals surface area contributed by atoms with Crippen LogP contribution in [-0.4, -0.2) is 23.7 Å². The van der Waals surface area contributed by atoms with Crippen LogP contribution in [0.1, 0.15) is 16.7 Å². The number of para-hydroxylation sites is 2. The van der Waals surface area contributed by atoms with Gasteiger partial charge in [0.2, 0.25) is 0 Å². The van der Waals surface area contributed by atoms with Gasteiger partial charge in [-0.05, 0) is 48.4 Å². The molecule has 3 rings (SSSR count). The molecule has 0 heterocycles. The molecule has 0 aliphatic heterocycles. The maximum Gasteiger partial charge on any atom is 0.310 e. The lowest BCUT2D eigenvalue weighted by molar-refractivity contribution is -0.385. The van der Waals surface area contributed by atoms with Crippen LogP contribution < -0.4 is 14.9 Å². The molecule has 158 valence electrons. The molecule has 0 fully saturated rings. The summed E-state index contributed by atoms with van der Waals surface area (Å²) in [5.74, 6) is 0.208. The molecule has 0 spiro atoms. The number of carbonyl (C=O) groups excluding carboxylic acids is 1. The summed E-state index contributed by atoms with van der Waals surface area (Å²) in [6.45, 7) is 2.12. The minimum absolute atomic E-state index is 0.0212. The molecular weight excluding hydrogens is 398 g/mol. The molecule has 3 aromatic carbocycles. The molecule has 3 aromatic rings. The van der Waals surface area contributed by atoms with Crippen molar-refractivity contribution in [1.29, 1.82) is 0 Å². The zero-order chi connectivity index (χ0) is 22.1. The number of amides is 1. The van der Waals surface area contributed by atoms with Crippen LogP contribution in [0.2, 0.25) is 0 Å². The van der Waals surface area contributed by atoms with Crippen LogP contribution in [0.15, 0.2) is 77.9 Å². The first kappa shape index (κ1) is 21.5. The molecule has 0 aliphatic rings. The van der Waals surface area contributed by atoms with Gasteiger partial charge in [-0.25, -0.2) is 5.43 Å². The summed E-state index contributed by atoms with van der Waals surface area (Å²) in [4.78, 5) is 22.2. The highest BCUT2D eigenvalue weighted by atomic mass is 16.6.